The van der Waals surface area contributed by atoms with Gasteiger partial charge in [0.1, 0.15) is 0 Å². The molecule has 0 atom stereocenters. The van der Waals surface area contributed by atoms with Crippen molar-refractivity contribution in [1.82, 2.24) is 0 Å². The van der Waals surface area contributed by atoms with Crippen LogP contribution >= 0.6 is 0 Å². The molecular formula is C21H18O3. The Hall–Kier alpha value is -2.94. The van der Waals surface area contributed by atoms with Gasteiger partial charge in [0.05, 0.1) is 5.56 Å². The molecule has 0 spiro atoms. The third-order valence-electron chi connectivity index (χ3n) is 4.01. The van der Waals surface area contributed by atoms with E-state index >= 15 is 0 Å². The van der Waals surface area contributed by atoms with Crippen molar-refractivity contribution in [2.45, 2.75) is 13.8 Å². The Morgan fingerprint density at radius 1 is 0.875 bits per heavy atom. The Labute approximate surface area is 140 Å². The maximum Gasteiger partial charge on any atom is 0.338 e. The third-order valence-corrected chi connectivity index (χ3v) is 4.01. The molecule has 0 saturated carbocycles. The average Bonchev–Trinajstić information content (AvgIpc) is 2.61. The van der Waals surface area contributed by atoms with Crippen LogP contribution in [0.1, 0.15) is 31.8 Å². The van der Waals surface area contributed by atoms with Crippen LogP contribution in [0, 0.1) is 13.8 Å². The minimum Gasteiger partial charge on any atom is -0.454 e. The zero-order valence-corrected chi connectivity index (χ0v) is 13.7. The summed E-state index contributed by atoms with van der Waals surface area (Å²) in [6, 6.07) is 18.8. The molecule has 3 nitrogen and oxygen atoms in total. The van der Waals surface area contributed by atoms with E-state index in [2.05, 4.69) is 0 Å². The first-order valence-corrected chi connectivity index (χ1v) is 7.81. The highest BCUT2D eigenvalue weighted by Crippen LogP contribution is 2.17. The molecule has 0 aliphatic heterocycles. The van der Waals surface area contributed by atoms with Gasteiger partial charge in [-0.3, -0.25) is 4.79 Å². The molecule has 0 saturated heterocycles. The molecule has 0 N–H and O–H groups in total. The SMILES string of the molecule is Cc1ccc(C)c(C(=O)COC(=O)c2ccc3ccccc3c2)c1. The summed E-state index contributed by atoms with van der Waals surface area (Å²) in [5.74, 6) is -0.676. The molecule has 0 unspecified atom stereocenters. The summed E-state index contributed by atoms with van der Waals surface area (Å²) in [4.78, 5) is 24.5. The standard InChI is InChI=1S/C21H18O3/c1-14-7-8-15(2)19(11-14)20(22)13-24-21(23)18-10-9-16-5-3-4-6-17(16)12-18/h3-12H,13H2,1-2H3. The van der Waals surface area contributed by atoms with E-state index in [0.29, 0.717) is 11.1 Å². The Kier molecular flexibility index (Phi) is 4.43. The maximum atomic E-state index is 12.3. The summed E-state index contributed by atoms with van der Waals surface area (Å²) in [5, 5.41) is 2.02. The first-order chi connectivity index (χ1) is 11.5. The van der Waals surface area contributed by atoms with E-state index in [0.717, 1.165) is 21.9 Å². The number of ether oxygens (including phenoxy) is 1. The quantitative estimate of drug-likeness (QED) is 0.525. The van der Waals surface area contributed by atoms with Crippen LogP contribution in [0.2, 0.25) is 0 Å². The number of fused-ring (bicyclic) bond motifs is 1. The first-order valence-electron chi connectivity index (χ1n) is 7.81. The topological polar surface area (TPSA) is 43.4 Å². The summed E-state index contributed by atoms with van der Waals surface area (Å²) >= 11 is 0. The highest BCUT2D eigenvalue weighted by molar-refractivity contribution is 6.01. The molecule has 0 heterocycles. The van der Waals surface area contributed by atoms with Gasteiger partial charge in [-0.2, -0.15) is 0 Å². The Morgan fingerprint density at radius 2 is 1.62 bits per heavy atom. The van der Waals surface area contributed by atoms with E-state index in [1.165, 1.54) is 0 Å². The average molecular weight is 318 g/mol. The van der Waals surface area contributed by atoms with Crippen LogP contribution in [0.3, 0.4) is 0 Å². The van der Waals surface area contributed by atoms with Crippen molar-refractivity contribution in [3.05, 3.63) is 82.9 Å². The van der Waals surface area contributed by atoms with Crippen LogP contribution < -0.4 is 0 Å². The zero-order chi connectivity index (χ0) is 17.1. The molecule has 3 heteroatoms. The van der Waals surface area contributed by atoms with E-state index in [1.807, 2.05) is 62.4 Å². The van der Waals surface area contributed by atoms with Crippen molar-refractivity contribution in [3.8, 4) is 0 Å². The first kappa shape index (κ1) is 15.9. The third kappa shape index (κ3) is 3.35. The smallest absolute Gasteiger partial charge is 0.338 e. The van der Waals surface area contributed by atoms with Gasteiger partial charge in [-0.25, -0.2) is 4.79 Å². The van der Waals surface area contributed by atoms with Crippen molar-refractivity contribution >= 4 is 22.5 Å². The number of hydrogen-bond acceptors (Lipinski definition) is 3. The number of aryl methyl sites for hydroxylation is 2. The highest BCUT2D eigenvalue weighted by Gasteiger charge is 2.14. The van der Waals surface area contributed by atoms with E-state index in [-0.39, 0.29) is 12.4 Å². The van der Waals surface area contributed by atoms with Gasteiger partial charge in [-0.05, 0) is 48.4 Å². The molecule has 0 amide bonds. The van der Waals surface area contributed by atoms with Gasteiger partial charge >= 0.3 is 5.97 Å². The molecule has 3 aromatic carbocycles. The molecule has 0 aliphatic rings. The number of Topliss-reactive ketones (excluding diaryl/α,β-unsaturated/α-hetero) is 1. The van der Waals surface area contributed by atoms with Gasteiger partial charge in [0, 0.05) is 5.56 Å². The second kappa shape index (κ2) is 6.67. The number of benzene rings is 3. The lowest BCUT2D eigenvalue weighted by Gasteiger charge is -2.08. The fourth-order valence-corrected chi connectivity index (χ4v) is 2.64. The van der Waals surface area contributed by atoms with Gasteiger partial charge in [-0.15, -0.1) is 0 Å². The zero-order valence-electron chi connectivity index (χ0n) is 13.7. The summed E-state index contributed by atoms with van der Waals surface area (Å²) in [5.41, 5.74) is 2.93. The second-order valence-electron chi connectivity index (χ2n) is 5.88. The van der Waals surface area contributed by atoms with E-state index in [9.17, 15) is 9.59 Å². The molecule has 0 fully saturated rings. The Morgan fingerprint density at radius 3 is 2.42 bits per heavy atom. The number of ketones is 1. The van der Waals surface area contributed by atoms with Crippen LogP contribution in [0.4, 0.5) is 0 Å². The van der Waals surface area contributed by atoms with Crippen molar-refractivity contribution in [2.75, 3.05) is 6.61 Å². The molecule has 24 heavy (non-hydrogen) atoms. The molecule has 0 bridgehead atoms. The van der Waals surface area contributed by atoms with Crippen LogP contribution in [0.25, 0.3) is 10.8 Å². The van der Waals surface area contributed by atoms with Crippen molar-refractivity contribution in [2.24, 2.45) is 0 Å². The molecule has 0 radical (unpaired) electrons. The summed E-state index contributed by atoms with van der Waals surface area (Å²) in [6.07, 6.45) is 0. The maximum absolute atomic E-state index is 12.3. The summed E-state index contributed by atoms with van der Waals surface area (Å²) in [7, 11) is 0. The number of carbonyl (C=O) groups is 2. The largest absolute Gasteiger partial charge is 0.454 e. The number of hydrogen-bond donors (Lipinski definition) is 0. The van der Waals surface area contributed by atoms with Crippen LogP contribution in [0.5, 0.6) is 0 Å². The monoisotopic (exact) mass is 318 g/mol. The molecule has 0 aromatic heterocycles. The lowest BCUT2D eigenvalue weighted by atomic mass is 10.0. The number of esters is 1. The highest BCUT2D eigenvalue weighted by atomic mass is 16.5. The van der Waals surface area contributed by atoms with Crippen molar-refractivity contribution in [1.29, 1.82) is 0 Å². The predicted molar refractivity (Wildman–Crippen MR) is 94.5 cm³/mol. The van der Waals surface area contributed by atoms with Crippen molar-refractivity contribution < 1.29 is 14.3 Å². The fraction of sp³-hybridized carbons (Fsp3) is 0.143. The number of carbonyl (C=O) groups excluding carboxylic acids is 2. The van der Waals surface area contributed by atoms with E-state index < -0.39 is 5.97 Å². The van der Waals surface area contributed by atoms with Gasteiger partial charge in [-0.1, -0.05) is 48.0 Å². The molecule has 120 valence electrons. The normalized spacial score (nSPS) is 10.6. The molecule has 3 aromatic rings. The van der Waals surface area contributed by atoms with Crippen LogP contribution in [-0.4, -0.2) is 18.4 Å². The minimum atomic E-state index is -0.487. The summed E-state index contributed by atoms with van der Waals surface area (Å²) in [6.45, 7) is 3.55. The Balaban J connectivity index is 1.72. The summed E-state index contributed by atoms with van der Waals surface area (Å²) < 4.78 is 5.20. The van der Waals surface area contributed by atoms with Crippen molar-refractivity contribution in [3.63, 3.8) is 0 Å². The fourth-order valence-electron chi connectivity index (χ4n) is 2.64. The lowest BCUT2D eigenvalue weighted by Crippen LogP contribution is -2.15. The van der Waals surface area contributed by atoms with Crippen LogP contribution in [0.15, 0.2) is 60.7 Å². The molecule has 0 aliphatic carbocycles. The molecule has 3 rings (SSSR count). The predicted octanol–water partition coefficient (Wildman–Crippen LogP) is 4.50. The van der Waals surface area contributed by atoms with E-state index in [4.69, 9.17) is 4.74 Å². The van der Waals surface area contributed by atoms with Gasteiger partial charge in [0.15, 0.2) is 6.61 Å². The van der Waals surface area contributed by atoms with E-state index in [1.54, 1.807) is 12.1 Å². The Bertz CT molecular complexity index is 925. The van der Waals surface area contributed by atoms with Gasteiger partial charge in [0.2, 0.25) is 5.78 Å². The van der Waals surface area contributed by atoms with Gasteiger partial charge < -0.3 is 4.74 Å². The van der Waals surface area contributed by atoms with Crippen LogP contribution in [-0.2, 0) is 4.74 Å². The lowest BCUT2D eigenvalue weighted by molar-refractivity contribution is 0.0474. The number of rotatable bonds is 4. The second-order valence-corrected chi connectivity index (χ2v) is 5.88. The minimum absolute atomic E-state index is 0.190. The van der Waals surface area contributed by atoms with Gasteiger partial charge in [0.25, 0.3) is 0 Å². The molecular weight excluding hydrogens is 300 g/mol.